The molecule has 1 aromatic carbocycles. The summed E-state index contributed by atoms with van der Waals surface area (Å²) in [5, 5.41) is 21.9. The summed E-state index contributed by atoms with van der Waals surface area (Å²) < 4.78 is 0. The number of aryl methyl sites for hydroxylation is 1. The van der Waals surface area contributed by atoms with Gasteiger partial charge in [0.05, 0.1) is 0 Å². The van der Waals surface area contributed by atoms with Crippen LogP contribution in [0.25, 0.3) is 0 Å². The summed E-state index contributed by atoms with van der Waals surface area (Å²) >= 11 is 0. The Morgan fingerprint density at radius 3 is 2.65 bits per heavy atom. The summed E-state index contributed by atoms with van der Waals surface area (Å²) in [6.45, 7) is 7.94. The Balaban J connectivity index is 2.48. The average molecular weight is 237 g/mol. The molecule has 0 spiro atoms. The van der Waals surface area contributed by atoms with Crippen LogP contribution in [0.3, 0.4) is 0 Å². The van der Waals surface area contributed by atoms with Crippen LogP contribution in [0.15, 0.2) is 18.2 Å². The molecule has 0 aromatic heterocycles. The lowest BCUT2D eigenvalue weighted by Crippen LogP contribution is -2.29. The minimum atomic E-state index is 0.0776. The van der Waals surface area contributed by atoms with Crippen LogP contribution in [0.5, 0.6) is 5.75 Å². The molecule has 1 aromatic rings. The molecule has 96 valence electrons. The predicted octanol–water partition coefficient (Wildman–Crippen LogP) is 2.20. The molecule has 0 saturated carbocycles. The molecule has 0 unspecified atom stereocenters. The topological polar surface area (TPSA) is 52.5 Å². The van der Waals surface area contributed by atoms with Crippen LogP contribution in [0.1, 0.15) is 31.4 Å². The van der Waals surface area contributed by atoms with E-state index >= 15 is 0 Å². The molecule has 0 aliphatic carbocycles. The first-order valence-corrected chi connectivity index (χ1v) is 6.05. The molecular formula is C14H23NO2. The molecule has 0 saturated heterocycles. The van der Waals surface area contributed by atoms with Crippen LogP contribution in [0, 0.1) is 12.3 Å². The van der Waals surface area contributed by atoms with Crippen LogP contribution in [-0.4, -0.2) is 23.4 Å². The molecule has 17 heavy (non-hydrogen) atoms. The number of phenolic OH excluding ortho intramolecular Hbond substituents is 1. The highest BCUT2D eigenvalue weighted by Crippen LogP contribution is 2.20. The summed E-state index contributed by atoms with van der Waals surface area (Å²) in [5.74, 6) is 0.336. The van der Waals surface area contributed by atoms with Crippen LogP contribution < -0.4 is 5.32 Å². The van der Waals surface area contributed by atoms with Crippen molar-refractivity contribution < 1.29 is 10.2 Å². The Bertz CT molecular complexity index is 361. The Morgan fingerprint density at radius 2 is 2.00 bits per heavy atom. The fourth-order valence-electron chi connectivity index (χ4n) is 1.78. The first kappa shape index (κ1) is 14.0. The van der Waals surface area contributed by atoms with Crippen molar-refractivity contribution in [3.63, 3.8) is 0 Å². The second kappa shape index (κ2) is 6.03. The van der Waals surface area contributed by atoms with Crippen LogP contribution in [-0.2, 0) is 6.54 Å². The van der Waals surface area contributed by atoms with E-state index in [-0.39, 0.29) is 12.0 Å². The summed E-state index contributed by atoms with van der Waals surface area (Å²) in [5.41, 5.74) is 2.15. The van der Waals surface area contributed by atoms with Gasteiger partial charge in [0.2, 0.25) is 0 Å². The molecule has 3 heteroatoms. The lowest BCUT2D eigenvalue weighted by molar-refractivity contribution is 0.207. The van der Waals surface area contributed by atoms with Crippen molar-refractivity contribution >= 4 is 0 Å². The van der Waals surface area contributed by atoms with E-state index in [1.807, 2.05) is 19.1 Å². The van der Waals surface area contributed by atoms with Crippen LogP contribution in [0.4, 0.5) is 0 Å². The SMILES string of the molecule is Cc1ccc(O)c(CNCC(C)(C)CCO)c1. The molecule has 0 aliphatic heterocycles. The van der Waals surface area contributed by atoms with Gasteiger partial charge in [-0.25, -0.2) is 0 Å². The summed E-state index contributed by atoms with van der Waals surface area (Å²) in [6.07, 6.45) is 0.778. The van der Waals surface area contributed by atoms with Gasteiger partial charge in [0, 0.05) is 25.3 Å². The van der Waals surface area contributed by atoms with E-state index in [1.54, 1.807) is 6.07 Å². The van der Waals surface area contributed by atoms with Gasteiger partial charge in [0.1, 0.15) is 5.75 Å². The van der Waals surface area contributed by atoms with Gasteiger partial charge in [-0.05, 0) is 24.8 Å². The second-order valence-corrected chi connectivity index (χ2v) is 5.37. The predicted molar refractivity (Wildman–Crippen MR) is 70.0 cm³/mol. The number of aromatic hydroxyl groups is 1. The largest absolute Gasteiger partial charge is 0.508 e. The highest BCUT2D eigenvalue weighted by atomic mass is 16.3. The molecule has 3 N–H and O–H groups in total. The normalized spacial score (nSPS) is 11.8. The van der Waals surface area contributed by atoms with Crippen molar-refractivity contribution in [1.82, 2.24) is 5.32 Å². The highest BCUT2D eigenvalue weighted by molar-refractivity contribution is 5.35. The van der Waals surface area contributed by atoms with E-state index in [2.05, 4.69) is 19.2 Å². The van der Waals surface area contributed by atoms with E-state index in [1.165, 1.54) is 0 Å². The zero-order valence-electron chi connectivity index (χ0n) is 11.0. The van der Waals surface area contributed by atoms with Crippen molar-refractivity contribution in [2.75, 3.05) is 13.2 Å². The molecule has 0 amide bonds. The molecule has 0 heterocycles. The fourth-order valence-corrected chi connectivity index (χ4v) is 1.78. The standard InChI is InChI=1S/C14H23NO2/c1-11-4-5-13(17)12(8-11)9-15-10-14(2,3)6-7-16/h4-5,8,15-17H,6-7,9-10H2,1-3H3. The lowest BCUT2D eigenvalue weighted by atomic mass is 9.90. The van der Waals surface area contributed by atoms with Crippen molar-refractivity contribution in [2.24, 2.45) is 5.41 Å². The molecule has 0 bridgehead atoms. The van der Waals surface area contributed by atoms with Crippen molar-refractivity contribution in [1.29, 1.82) is 0 Å². The average Bonchev–Trinajstić information content (AvgIpc) is 2.23. The molecular weight excluding hydrogens is 214 g/mol. The Hall–Kier alpha value is -1.06. The number of nitrogens with one attached hydrogen (secondary N) is 1. The molecule has 3 nitrogen and oxygen atoms in total. The minimum Gasteiger partial charge on any atom is -0.508 e. The Kier molecular flexibility index (Phi) is 4.97. The van der Waals surface area contributed by atoms with Gasteiger partial charge in [-0.1, -0.05) is 31.5 Å². The van der Waals surface area contributed by atoms with Crippen LogP contribution >= 0.6 is 0 Å². The van der Waals surface area contributed by atoms with Crippen LogP contribution in [0.2, 0.25) is 0 Å². The smallest absolute Gasteiger partial charge is 0.120 e. The van der Waals surface area contributed by atoms with E-state index < -0.39 is 0 Å². The number of aliphatic hydroxyl groups excluding tert-OH is 1. The van der Waals surface area contributed by atoms with Gasteiger partial charge in [-0.2, -0.15) is 0 Å². The van der Waals surface area contributed by atoms with Gasteiger partial charge in [0.25, 0.3) is 0 Å². The summed E-state index contributed by atoms with van der Waals surface area (Å²) in [6, 6.07) is 5.61. The summed E-state index contributed by atoms with van der Waals surface area (Å²) in [4.78, 5) is 0. The van der Waals surface area contributed by atoms with E-state index in [0.29, 0.717) is 12.3 Å². The highest BCUT2D eigenvalue weighted by Gasteiger charge is 2.16. The third-order valence-corrected chi connectivity index (χ3v) is 2.94. The maximum Gasteiger partial charge on any atom is 0.120 e. The number of hydrogen-bond acceptors (Lipinski definition) is 3. The zero-order valence-corrected chi connectivity index (χ0v) is 11.0. The van der Waals surface area contributed by atoms with Crippen molar-refractivity contribution in [2.45, 2.75) is 33.7 Å². The second-order valence-electron chi connectivity index (χ2n) is 5.37. The monoisotopic (exact) mass is 237 g/mol. The maximum atomic E-state index is 9.69. The van der Waals surface area contributed by atoms with Gasteiger partial charge in [-0.3, -0.25) is 0 Å². The third-order valence-electron chi connectivity index (χ3n) is 2.94. The number of benzene rings is 1. The number of phenols is 1. The lowest BCUT2D eigenvalue weighted by Gasteiger charge is -2.24. The number of hydrogen-bond donors (Lipinski definition) is 3. The quantitative estimate of drug-likeness (QED) is 0.711. The van der Waals surface area contributed by atoms with E-state index in [4.69, 9.17) is 5.11 Å². The van der Waals surface area contributed by atoms with Gasteiger partial charge in [0.15, 0.2) is 0 Å². The van der Waals surface area contributed by atoms with Gasteiger partial charge < -0.3 is 15.5 Å². The van der Waals surface area contributed by atoms with Crippen molar-refractivity contribution in [3.8, 4) is 5.75 Å². The molecule has 0 aliphatic rings. The first-order valence-electron chi connectivity index (χ1n) is 6.05. The maximum absolute atomic E-state index is 9.69. The van der Waals surface area contributed by atoms with Crippen molar-refractivity contribution in [3.05, 3.63) is 29.3 Å². The number of aliphatic hydroxyl groups is 1. The van der Waals surface area contributed by atoms with E-state index in [9.17, 15) is 5.11 Å². The fraction of sp³-hybridized carbons (Fsp3) is 0.571. The van der Waals surface area contributed by atoms with Gasteiger partial charge in [-0.15, -0.1) is 0 Å². The van der Waals surface area contributed by atoms with E-state index in [0.717, 1.165) is 24.1 Å². The number of rotatable bonds is 6. The third kappa shape index (κ3) is 4.75. The molecule has 0 radical (unpaired) electrons. The first-order chi connectivity index (χ1) is 7.94. The molecule has 1 rings (SSSR count). The molecule has 0 fully saturated rings. The summed E-state index contributed by atoms with van der Waals surface area (Å²) in [7, 11) is 0. The van der Waals surface area contributed by atoms with Gasteiger partial charge >= 0.3 is 0 Å². The Morgan fingerprint density at radius 1 is 1.29 bits per heavy atom. The molecule has 0 atom stereocenters. The zero-order chi connectivity index (χ0) is 12.9. The minimum absolute atomic E-state index is 0.0776. The Labute approximate surface area is 103 Å².